The van der Waals surface area contributed by atoms with Gasteiger partial charge in [-0.1, -0.05) is 18.2 Å². The third kappa shape index (κ3) is 5.48. The van der Waals surface area contributed by atoms with E-state index >= 15 is 0 Å². The molecule has 0 fully saturated rings. The fourth-order valence-corrected chi connectivity index (χ4v) is 2.91. The molecule has 0 aliphatic heterocycles. The summed E-state index contributed by atoms with van der Waals surface area (Å²) in [6, 6.07) is 11.6. The van der Waals surface area contributed by atoms with Gasteiger partial charge >= 0.3 is 12.0 Å². The molecule has 8 nitrogen and oxygen atoms in total. The fourth-order valence-electron chi connectivity index (χ4n) is 2.91. The van der Waals surface area contributed by atoms with E-state index in [-0.39, 0.29) is 5.56 Å². The number of benzene rings is 1. The summed E-state index contributed by atoms with van der Waals surface area (Å²) in [4.78, 5) is 41.7. The van der Waals surface area contributed by atoms with Crippen LogP contribution < -0.4 is 10.6 Å². The molecule has 0 unspecified atom stereocenters. The highest BCUT2D eigenvalue weighted by Crippen LogP contribution is 2.27. The second kappa shape index (κ2) is 8.59. The molecular formula is C23H25N3O5. The van der Waals surface area contributed by atoms with Gasteiger partial charge in [-0.3, -0.25) is 10.1 Å². The summed E-state index contributed by atoms with van der Waals surface area (Å²) in [6.45, 7) is 8.57. The lowest BCUT2D eigenvalue weighted by atomic mass is 10.1. The summed E-state index contributed by atoms with van der Waals surface area (Å²) in [6.07, 6.45) is -1.18. The zero-order valence-corrected chi connectivity index (χ0v) is 18.1. The number of rotatable bonds is 4. The number of aryl methyl sites for hydroxylation is 1. The molecule has 0 saturated heterocycles. The van der Waals surface area contributed by atoms with E-state index in [0.717, 1.165) is 0 Å². The maximum Gasteiger partial charge on any atom is 0.339 e. The maximum absolute atomic E-state index is 12.9. The van der Waals surface area contributed by atoms with Crippen LogP contribution in [-0.4, -0.2) is 34.5 Å². The van der Waals surface area contributed by atoms with Crippen molar-refractivity contribution in [2.24, 2.45) is 0 Å². The molecule has 2 heterocycles. The van der Waals surface area contributed by atoms with Gasteiger partial charge in [-0.05, 0) is 58.9 Å². The lowest BCUT2D eigenvalue weighted by Gasteiger charge is -2.21. The van der Waals surface area contributed by atoms with E-state index < -0.39 is 29.6 Å². The number of urea groups is 1. The molecule has 3 rings (SSSR count). The third-order valence-corrected chi connectivity index (χ3v) is 4.31. The Morgan fingerprint density at radius 1 is 1.10 bits per heavy atom. The average molecular weight is 423 g/mol. The molecule has 8 heteroatoms. The highest BCUT2D eigenvalue weighted by molar-refractivity contribution is 6.05. The van der Waals surface area contributed by atoms with Crippen molar-refractivity contribution >= 4 is 28.8 Å². The van der Waals surface area contributed by atoms with Crippen molar-refractivity contribution in [2.75, 3.05) is 0 Å². The van der Waals surface area contributed by atoms with Crippen molar-refractivity contribution in [3.63, 3.8) is 0 Å². The number of amides is 3. The molecule has 3 aromatic rings. The highest BCUT2D eigenvalue weighted by Gasteiger charge is 2.24. The van der Waals surface area contributed by atoms with E-state index in [2.05, 4.69) is 15.6 Å². The van der Waals surface area contributed by atoms with Crippen LogP contribution in [0.4, 0.5) is 4.79 Å². The summed E-state index contributed by atoms with van der Waals surface area (Å²) in [5.41, 5.74) is 0.789. The Balaban J connectivity index is 1.83. The first kappa shape index (κ1) is 22.0. The van der Waals surface area contributed by atoms with Crippen molar-refractivity contribution in [2.45, 2.75) is 46.3 Å². The maximum atomic E-state index is 12.9. The Labute approximate surface area is 180 Å². The Hall–Kier alpha value is -3.68. The fraction of sp³-hybridized carbons (Fsp3) is 0.304. The minimum Gasteiger partial charge on any atom is -0.460 e. The predicted molar refractivity (Wildman–Crippen MR) is 115 cm³/mol. The number of fused-ring (bicyclic) bond motifs is 1. The number of furan rings is 1. The van der Waals surface area contributed by atoms with Crippen LogP contribution in [0.2, 0.25) is 0 Å². The van der Waals surface area contributed by atoms with Crippen LogP contribution in [0.3, 0.4) is 0 Å². The number of nitrogens with zero attached hydrogens (tertiary/aromatic N) is 1. The molecule has 2 aromatic heterocycles. The van der Waals surface area contributed by atoms with Gasteiger partial charge in [-0.2, -0.15) is 0 Å². The van der Waals surface area contributed by atoms with E-state index in [1.165, 1.54) is 6.92 Å². The number of nitrogens with one attached hydrogen (secondary N) is 2. The molecular weight excluding hydrogens is 398 g/mol. The lowest BCUT2D eigenvalue weighted by molar-refractivity contribution is -0.127. The molecule has 0 radical (unpaired) electrons. The number of hydrogen-bond acceptors (Lipinski definition) is 6. The Morgan fingerprint density at radius 2 is 1.81 bits per heavy atom. The number of pyridine rings is 1. The largest absolute Gasteiger partial charge is 0.460 e. The van der Waals surface area contributed by atoms with Crippen LogP contribution in [0.15, 0.2) is 46.9 Å². The summed E-state index contributed by atoms with van der Waals surface area (Å²) < 4.78 is 11.0. The summed E-state index contributed by atoms with van der Waals surface area (Å²) in [5, 5.41) is 5.37. The molecule has 2 N–H and O–H groups in total. The van der Waals surface area contributed by atoms with Crippen LogP contribution >= 0.6 is 0 Å². The Bertz CT molecular complexity index is 1140. The zero-order chi connectivity index (χ0) is 22.8. The second-order valence-electron chi connectivity index (χ2n) is 8.22. The van der Waals surface area contributed by atoms with Crippen LogP contribution in [0.5, 0.6) is 0 Å². The molecule has 3 amide bonds. The van der Waals surface area contributed by atoms with Crippen molar-refractivity contribution in [1.82, 2.24) is 15.6 Å². The average Bonchev–Trinajstić information content (AvgIpc) is 3.11. The smallest absolute Gasteiger partial charge is 0.339 e. The minimum atomic E-state index is -1.18. The minimum absolute atomic E-state index is 0.244. The monoisotopic (exact) mass is 423 g/mol. The van der Waals surface area contributed by atoms with Crippen LogP contribution in [0, 0.1) is 6.92 Å². The molecule has 1 atom stereocenters. The zero-order valence-electron chi connectivity index (χ0n) is 18.1. The van der Waals surface area contributed by atoms with Gasteiger partial charge in [0.05, 0.1) is 11.1 Å². The number of carbonyl (C=O) groups is 3. The molecule has 0 spiro atoms. The SMILES string of the molecule is Cc1ccc(-c2cc(C(=O)O[C@H](C)C(=O)NC(=O)NC(C)(C)C)c3ccccc3n2)o1. The van der Waals surface area contributed by atoms with Crippen molar-refractivity contribution in [1.29, 1.82) is 0 Å². The van der Waals surface area contributed by atoms with Crippen molar-refractivity contribution in [3.8, 4) is 11.5 Å². The van der Waals surface area contributed by atoms with Crippen molar-refractivity contribution in [3.05, 3.63) is 53.8 Å². The molecule has 1 aromatic carbocycles. The number of carbonyl (C=O) groups excluding carboxylic acids is 3. The van der Waals surface area contributed by atoms with Gasteiger partial charge < -0.3 is 14.5 Å². The topological polar surface area (TPSA) is 111 Å². The molecule has 0 saturated carbocycles. The lowest BCUT2D eigenvalue weighted by Crippen LogP contribution is -2.50. The summed E-state index contributed by atoms with van der Waals surface area (Å²) >= 11 is 0. The van der Waals surface area contributed by atoms with E-state index in [0.29, 0.717) is 28.1 Å². The van der Waals surface area contributed by atoms with E-state index in [4.69, 9.17) is 9.15 Å². The van der Waals surface area contributed by atoms with Crippen LogP contribution in [0.1, 0.15) is 43.8 Å². The number of hydrogen-bond donors (Lipinski definition) is 2. The first-order valence-electron chi connectivity index (χ1n) is 9.84. The Kier molecular flexibility index (Phi) is 6.10. The van der Waals surface area contributed by atoms with Gasteiger partial charge in [0.1, 0.15) is 11.5 Å². The van der Waals surface area contributed by atoms with E-state index in [1.54, 1.807) is 57.2 Å². The molecule has 31 heavy (non-hydrogen) atoms. The van der Waals surface area contributed by atoms with Gasteiger partial charge in [0.15, 0.2) is 11.9 Å². The summed E-state index contributed by atoms with van der Waals surface area (Å²) in [5.74, 6) is -0.202. The third-order valence-electron chi connectivity index (χ3n) is 4.31. The molecule has 0 aliphatic carbocycles. The van der Waals surface area contributed by atoms with E-state index in [9.17, 15) is 14.4 Å². The number of imide groups is 1. The second-order valence-corrected chi connectivity index (χ2v) is 8.22. The molecule has 0 aliphatic rings. The first-order chi connectivity index (χ1) is 14.5. The highest BCUT2D eigenvalue weighted by atomic mass is 16.5. The molecule has 0 bridgehead atoms. The van der Waals surface area contributed by atoms with Crippen LogP contribution in [0.25, 0.3) is 22.4 Å². The quantitative estimate of drug-likeness (QED) is 0.614. The van der Waals surface area contributed by atoms with Crippen LogP contribution in [-0.2, 0) is 9.53 Å². The Morgan fingerprint density at radius 3 is 2.45 bits per heavy atom. The number of esters is 1. The first-order valence-corrected chi connectivity index (χ1v) is 9.84. The van der Waals surface area contributed by atoms with Gasteiger partial charge in [-0.25, -0.2) is 14.6 Å². The summed E-state index contributed by atoms with van der Waals surface area (Å²) in [7, 11) is 0. The number of ether oxygens (including phenoxy) is 1. The number of para-hydroxylation sites is 1. The molecule has 162 valence electrons. The predicted octanol–water partition coefficient (Wildman–Crippen LogP) is 3.97. The van der Waals surface area contributed by atoms with Gasteiger partial charge in [0.25, 0.3) is 5.91 Å². The van der Waals surface area contributed by atoms with Crippen molar-refractivity contribution < 1.29 is 23.5 Å². The van der Waals surface area contributed by atoms with E-state index in [1.807, 2.05) is 13.0 Å². The van der Waals surface area contributed by atoms with Gasteiger partial charge in [0.2, 0.25) is 0 Å². The standard InChI is InChI=1S/C23H25N3O5/c1-13-10-11-19(30-13)18-12-16(15-8-6-7-9-17(15)24-18)21(28)31-14(2)20(27)25-22(29)26-23(3,4)5/h6-12,14H,1-5H3,(H2,25,26,27,29)/t14-/m1/s1. The normalized spacial score (nSPS) is 12.3. The van der Waals surface area contributed by atoms with Gasteiger partial charge in [0, 0.05) is 10.9 Å². The van der Waals surface area contributed by atoms with Gasteiger partial charge in [-0.15, -0.1) is 0 Å². The number of aromatic nitrogens is 1.